The summed E-state index contributed by atoms with van der Waals surface area (Å²) in [6.45, 7) is 0. The number of rotatable bonds is 1. The molecular weight excluding hydrogens is 228 g/mol. The van der Waals surface area contributed by atoms with Gasteiger partial charge in [0.1, 0.15) is 11.4 Å². The minimum absolute atomic E-state index is 0.129. The summed E-state index contributed by atoms with van der Waals surface area (Å²) in [5.74, 6) is 0.433. The highest BCUT2D eigenvalue weighted by Gasteiger charge is 2.09. The summed E-state index contributed by atoms with van der Waals surface area (Å²) in [6, 6.07) is 11.0. The third-order valence-corrected chi connectivity index (χ3v) is 3.09. The van der Waals surface area contributed by atoms with E-state index in [-0.39, 0.29) is 5.56 Å². The van der Waals surface area contributed by atoms with Crippen LogP contribution in [0.1, 0.15) is 0 Å². The smallest absolute Gasteiger partial charge is 0.252 e. The number of para-hydroxylation sites is 1. The second-order valence-corrected chi connectivity index (χ2v) is 4.21. The number of nitrogens with zero attached hydrogens (tertiary/aromatic N) is 1. The highest BCUT2D eigenvalue weighted by atomic mass is 16.3. The van der Waals surface area contributed by atoms with Crippen molar-refractivity contribution in [1.29, 1.82) is 0 Å². The zero-order valence-electron chi connectivity index (χ0n) is 9.88. The Morgan fingerprint density at radius 2 is 2.00 bits per heavy atom. The zero-order valence-corrected chi connectivity index (χ0v) is 9.88. The highest BCUT2D eigenvalue weighted by Crippen LogP contribution is 2.30. The number of pyridine rings is 1. The van der Waals surface area contributed by atoms with Crippen LogP contribution in [0.3, 0.4) is 0 Å². The van der Waals surface area contributed by atoms with Crippen molar-refractivity contribution in [1.82, 2.24) is 4.57 Å². The van der Waals surface area contributed by atoms with Crippen LogP contribution in [-0.4, -0.2) is 4.57 Å². The lowest BCUT2D eigenvalue weighted by Gasteiger charge is -2.05. The lowest BCUT2D eigenvalue weighted by atomic mass is 10.1. The Bertz CT molecular complexity index is 784. The number of nitrogens with two attached hydrogens (primary N) is 1. The molecule has 0 saturated carbocycles. The number of furan rings is 1. The molecule has 4 heteroatoms. The summed E-state index contributed by atoms with van der Waals surface area (Å²) < 4.78 is 6.87. The lowest BCUT2D eigenvalue weighted by molar-refractivity contribution is 0.617. The molecule has 90 valence electrons. The maximum atomic E-state index is 11.7. The third kappa shape index (κ3) is 1.50. The molecule has 0 aliphatic rings. The van der Waals surface area contributed by atoms with Crippen LogP contribution in [0.2, 0.25) is 0 Å². The predicted octanol–water partition coefficient (Wildman–Crippen LogP) is 2.38. The van der Waals surface area contributed by atoms with Crippen molar-refractivity contribution in [2.24, 2.45) is 7.05 Å². The number of nitrogen functional groups attached to an aromatic ring is 1. The van der Waals surface area contributed by atoms with Crippen molar-refractivity contribution in [3.05, 3.63) is 53.0 Å². The van der Waals surface area contributed by atoms with Crippen LogP contribution in [0.25, 0.3) is 22.1 Å². The topological polar surface area (TPSA) is 61.2 Å². The van der Waals surface area contributed by atoms with Gasteiger partial charge in [-0.05, 0) is 17.7 Å². The number of aromatic nitrogens is 1. The quantitative estimate of drug-likeness (QED) is 0.710. The maximum Gasteiger partial charge on any atom is 0.252 e. The van der Waals surface area contributed by atoms with Gasteiger partial charge >= 0.3 is 0 Å². The second-order valence-electron chi connectivity index (χ2n) is 4.21. The van der Waals surface area contributed by atoms with E-state index in [9.17, 15) is 4.79 Å². The van der Waals surface area contributed by atoms with E-state index in [2.05, 4.69) is 0 Å². The van der Waals surface area contributed by atoms with Crippen molar-refractivity contribution < 1.29 is 4.42 Å². The fourth-order valence-electron chi connectivity index (χ4n) is 2.01. The van der Waals surface area contributed by atoms with Gasteiger partial charge in [0.25, 0.3) is 5.56 Å². The minimum Gasteiger partial charge on any atom is -0.464 e. The normalized spacial score (nSPS) is 10.9. The molecule has 18 heavy (non-hydrogen) atoms. The van der Waals surface area contributed by atoms with E-state index >= 15 is 0 Å². The molecule has 0 aliphatic carbocycles. The Morgan fingerprint density at radius 1 is 1.22 bits per heavy atom. The molecule has 2 aromatic heterocycles. The van der Waals surface area contributed by atoms with Gasteiger partial charge < -0.3 is 10.2 Å². The molecule has 1 aromatic carbocycles. The number of benzene rings is 1. The van der Waals surface area contributed by atoms with Gasteiger partial charge in [-0.3, -0.25) is 9.36 Å². The van der Waals surface area contributed by atoms with E-state index in [1.165, 1.54) is 4.57 Å². The molecule has 0 saturated heterocycles. The molecular formula is C14H12N2O2. The van der Waals surface area contributed by atoms with Gasteiger partial charge in [0, 0.05) is 24.1 Å². The van der Waals surface area contributed by atoms with Gasteiger partial charge in [-0.1, -0.05) is 18.2 Å². The minimum atomic E-state index is -0.129. The first-order valence-electron chi connectivity index (χ1n) is 5.60. The van der Waals surface area contributed by atoms with Crippen molar-refractivity contribution in [2.45, 2.75) is 0 Å². The zero-order chi connectivity index (χ0) is 12.7. The number of hydrogen-bond acceptors (Lipinski definition) is 3. The van der Waals surface area contributed by atoms with E-state index in [0.717, 1.165) is 22.1 Å². The van der Waals surface area contributed by atoms with Crippen molar-refractivity contribution in [3.63, 3.8) is 0 Å². The summed E-state index contributed by atoms with van der Waals surface area (Å²) in [5, 5.41) is 0.977. The van der Waals surface area contributed by atoms with Gasteiger partial charge in [-0.2, -0.15) is 0 Å². The van der Waals surface area contributed by atoms with E-state index in [1.807, 2.05) is 24.3 Å². The fourth-order valence-corrected chi connectivity index (χ4v) is 2.01. The van der Waals surface area contributed by atoms with Crippen LogP contribution in [0.15, 0.2) is 51.9 Å². The summed E-state index contributed by atoms with van der Waals surface area (Å²) in [6.07, 6.45) is 1.65. The third-order valence-electron chi connectivity index (χ3n) is 3.09. The molecule has 0 amide bonds. The first-order chi connectivity index (χ1) is 8.66. The first-order valence-corrected chi connectivity index (χ1v) is 5.60. The molecule has 0 aliphatic heterocycles. The number of fused-ring (bicyclic) bond motifs is 1. The number of anilines is 1. The monoisotopic (exact) mass is 240 g/mol. The van der Waals surface area contributed by atoms with Crippen molar-refractivity contribution in [3.8, 4) is 11.1 Å². The summed E-state index contributed by atoms with van der Waals surface area (Å²) in [4.78, 5) is 11.7. The van der Waals surface area contributed by atoms with Crippen LogP contribution in [-0.2, 0) is 7.05 Å². The van der Waals surface area contributed by atoms with Crippen molar-refractivity contribution in [2.75, 3.05) is 5.73 Å². The van der Waals surface area contributed by atoms with Crippen LogP contribution in [0.4, 0.5) is 5.82 Å². The molecule has 3 aromatic rings. The summed E-state index contributed by atoms with van der Waals surface area (Å²) in [7, 11) is 1.65. The van der Waals surface area contributed by atoms with E-state index in [4.69, 9.17) is 10.2 Å². The molecule has 0 spiro atoms. The van der Waals surface area contributed by atoms with Crippen molar-refractivity contribution >= 4 is 16.8 Å². The molecule has 0 unspecified atom stereocenters. The van der Waals surface area contributed by atoms with E-state index < -0.39 is 0 Å². The van der Waals surface area contributed by atoms with Crippen LogP contribution >= 0.6 is 0 Å². The van der Waals surface area contributed by atoms with Crippen LogP contribution < -0.4 is 11.3 Å². The van der Waals surface area contributed by atoms with E-state index in [0.29, 0.717) is 5.82 Å². The van der Waals surface area contributed by atoms with Gasteiger partial charge in [0.15, 0.2) is 0 Å². The lowest BCUT2D eigenvalue weighted by Crippen LogP contribution is -2.18. The highest BCUT2D eigenvalue weighted by molar-refractivity contribution is 5.94. The number of hydrogen-bond donors (Lipinski definition) is 1. The Kier molecular flexibility index (Phi) is 2.23. The molecule has 3 rings (SSSR count). The Balaban J connectivity index is 2.30. The molecule has 4 nitrogen and oxygen atoms in total. The first kappa shape index (κ1) is 10.7. The van der Waals surface area contributed by atoms with Gasteiger partial charge in [0.05, 0.1) is 6.26 Å². The molecule has 0 atom stereocenters. The largest absolute Gasteiger partial charge is 0.464 e. The Hall–Kier alpha value is -2.49. The van der Waals surface area contributed by atoms with Crippen LogP contribution in [0.5, 0.6) is 0 Å². The molecule has 2 heterocycles. The summed E-state index contributed by atoms with van der Waals surface area (Å²) in [5.41, 5.74) is 8.14. The molecule has 0 bridgehead atoms. The second kappa shape index (κ2) is 3.77. The standard InChI is InChI=1S/C14H12N2O2/c1-16-13(15)6-9(7-14(16)17)11-8-18-12-5-3-2-4-10(11)12/h2-8H,15H2,1H3. The SMILES string of the molecule is Cn1c(N)cc(-c2coc3ccccc23)cc1=O. The van der Waals surface area contributed by atoms with Crippen LogP contribution in [0, 0.1) is 0 Å². The Morgan fingerprint density at radius 3 is 2.78 bits per heavy atom. The van der Waals surface area contributed by atoms with Gasteiger partial charge in [0.2, 0.25) is 0 Å². The molecule has 2 N–H and O–H groups in total. The summed E-state index contributed by atoms with van der Waals surface area (Å²) >= 11 is 0. The maximum absolute atomic E-state index is 11.7. The van der Waals surface area contributed by atoms with E-state index in [1.54, 1.807) is 25.4 Å². The fraction of sp³-hybridized carbons (Fsp3) is 0.0714. The van der Waals surface area contributed by atoms with Gasteiger partial charge in [-0.25, -0.2) is 0 Å². The Labute approximate surface area is 103 Å². The average Bonchev–Trinajstić information content (AvgIpc) is 2.79. The van der Waals surface area contributed by atoms with Gasteiger partial charge in [-0.15, -0.1) is 0 Å². The average molecular weight is 240 g/mol. The molecule has 0 fully saturated rings. The predicted molar refractivity (Wildman–Crippen MR) is 71.3 cm³/mol. The molecule has 0 radical (unpaired) electrons.